The highest BCUT2D eigenvalue weighted by Gasteiger charge is 2.36. The van der Waals surface area contributed by atoms with Crippen LogP contribution in [0.5, 0.6) is 0 Å². The van der Waals surface area contributed by atoms with Crippen molar-refractivity contribution in [3.8, 4) is 6.07 Å². The van der Waals surface area contributed by atoms with E-state index in [4.69, 9.17) is 10.8 Å². The summed E-state index contributed by atoms with van der Waals surface area (Å²) in [5.74, 6) is -5.37. The molecule has 0 radical (unpaired) electrons. The van der Waals surface area contributed by atoms with Crippen LogP contribution in [0.25, 0.3) is 0 Å². The molecule has 176 valence electrons. The third-order valence-electron chi connectivity index (χ3n) is 5.09. The number of piperidine rings is 1. The monoisotopic (exact) mass is 466 g/mol. The molecule has 1 fully saturated rings. The highest BCUT2D eigenvalue weighted by atomic mass is 19.3. The molecule has 2 atom stereocenters. The number of aliphatic hydroxyl groups is 1. The van der Waals surface area contributed by atoms with Gasteiger partial charge in [-0.1, -0.05) is 0 Å². The van der Waals surface area contributed by atoms with Crippen LogP contribution in [0.2, 0.25) is 0 Å². The summed E-state index contributed by atoms with van der Waals surface area (Å²) in [7, 11) is 0. The fourth-order valence-corrected chi connectivity index (χ4v) is 3.32. The summed E-state index contributed by atoms with van der Waals surface area (Å²) in [6, 6.07) is 6.67. The van der Waals surface area contributed by atoms with Crippen molar-refractivity contribution >= 4 is 23.5 Å². The van der Waals surface area contributed by atoms with Crippen LogP contribution in [0.1, 0.15) is 22.8 Å². The number of halogens is 3. The van der Waals surface area contributed by atoms with E-state index in [0.717, 1.165) is 4.90 Å². The summed E-state index contributed by atoms with van der Waals surface area (Å²) in [6.07, 6.45) is 0.494. The van der Waals surface area contributed by atoms with E-state index in [1.165, 1.54) is 35.1 Å². The van der Waals surface area contributed by atoms with Crippen molar-refractivity contribution in [1.29, 1.82) is 5.26 Å². The van der Waals surface area contributed by atoms with E-state index in [0.29, 0.717) is 5.69 Å². The minimum Gasteiger partial charge on any atom is -0.443 e. The van der Waals surface area contributed by atoms with Crippen LogP contribution >= 0.6 is 0 Å². The number of ether oxygens (including phenoxy) is 1. The lowest BCUT2D eigenvalue weighted by atomic mass is 9.93. The van der Waals surface area contributed by atoms with Crippen LogP contribution in [0, 0.1) is 23.1 Å². The number of carbonyl (C=O) groups is 2. The molecule has 1 saturated heterocycles. The normalized spacial score (nSPS) is 18.5. The van der Waals surface area contributed by atoms with Gasteiger partial charge < -0.3 is 25.8 Å². The third kappa shape index (κ3) is 5.72. The van der Waals surface area contributed by atoms with E-state index < -0.39 is 48.9 Å². The lowest BCUT2D eigenvalue weighted by molar-refractivity contribution is -0.0943. The van der Waals surface area contributed by atoms with Crippen molar-refractivity contribution in [2.24, 2.45) is 11.7 Å². The third-order valence-corrected chi connectivity index (χ3v) is 5.09. The van der Waals surface area contributed by atoms with Crippen LogP contribution < -0.4 is 11.1 Å². The number of nitrogens with zero attached hydrogens (tertiary/aromatic N) is 4. The lowest BCUT2D eigenvalue weighted by Crippen LogP contribution is -2.45. The topological polar surface area (TPSA) is 146 Å². The number of rotatable bonds is 7. The number of nitriles is 1. The zero-order chi connectivity index (χ0) is 24.2. The predicted octanol–water partition coefficient (Wildman–Crippen LogP) is 2.02. The Labute approximate surface area is 186 Å². The number of likely N-dealkylation sites (tertiary alicyclic amines) is 1. The number of nitrogens with two attached hydrogens (primary N) is 1. The zero-order valence-corrected chi connectivity index (χ0v) is 17.2. The fourth-order valence-electron chi connectivity index (χ4n) is 3.32. The smallest absolute Gasteiger partial charge is 0.410 e. The standard InChI is InChI=1S/C20H21F3N6O4/c21-13-1-3-14(4-2-13)26-18-15(17(25)31)8-29(27-18)16-9-28(6-5-12(16)7-24)19(32)33-11-20(22,23)10-30/h1-4,8,12,16,30H,5-6,9-11H2,(H2,25,31)(H,26,27)/t12-,16+/m1/s1. The molecule has 1 aromatic carbocycles. The number of anilines is 2. The number of primary amides is 1. The Morgan fingerprint density at radius 1 is 1.36 bits per heavy atom. The summed E-state index contributed by atoms with van der Waals surface area (Å²) in [6.45, 7) is -2.77. The number of amides is 2. The van der Waals surface area contributed by atoms with Crippen LogP contribution in [0.15, 0.2) is 30.5 Å². The number of nitrogens with one attached hydrogen (secondary N) is 1. The number of carbonyl (C=O) groups excluding carboxylic acids is 2. The average Bonchev–Trinajstić information content (AvgIpc) is 3.22. The molecule has 0 aliphatic carbocycles. The Hall–Kier alpha value is -3.79. The largest absolute Gasteiger partial charge is 0.443 e. The number of hydrogen-bond acceptors (Lipinski definition) is 7. The molecule has 13 heteroatoms. The van der Waals surface area contributed by atoms with Crippen molar-refractivity contribution in [3.05, 3.63) is 41.8 Å². The van der Waals surface area contributed by atoms with Gasteiger partial charge in [0.25, 0.3) is 5.91 Å². The van der Waals surface area contributed by atoms with E-state index >= 15 is 0 Å². The first-order valence-electron chi connectivity index (χ1n) is 9.85. The summed E-state index contributed by atoms with van der Waals surface area (Å²) in [4.78, 5) is 25.3. The number of benzene rings is 1. The highest BCUT2D eigenvalue weighted by Crippen LogP contribution is 2.30. The quantitative estimate of drug-likeness (QED) is 0.566. The molecule has 2 heterocycles. The molecular weight excluding hydrogens is 445 g/mol. The van der Waals surface area contributed by atoms with Gasteiger partial charge in [-0.05, 0) is 30.7 Å². The van der Waals surface area contributed by atoms with Crippen LogP contribution in [-0.4, -0.2) is 64.0 Å². The maximum atomic E-state index is 13.2. The first-order valence-corrected chi connectivity index (χ1v) is 9.85. The van der Waals surface area contributed by atoms with Gasteiger partial charge in [-0.3, -0.25) is 9.48 Å². The summed E-state index contributed by atoms with van der Waals surface area (Å²) in [5.41, 5.74) is 5.87. The summed E-state index contributed by atoms with van der Waals surface area (Å²) >= 11 is 0. The molecule has 4 N–H and O–H groups in total. The molecule has 1 aliphatic rings. The van der Waals surface area contributed by atoms with Gasteiger partial charge in [-0.25, -0.2) is 18.0 Å². The molecule has 2 aromatic rings. The summed E-state index contributed by atoms with van der Waals surface area (Å²) in [5, 5.41) is 25.3. The second-order valence-electron chi connectivity index (χ2n) is 7.47. The van der Waals surface area contributed by atoms with Crippen molar-refractivity contribution in [2.75, 3.05) is 31.6 Å². The van der Waals surface area contributed by atoms with Gasteiger partial charge >= 0.3 is 12.0 Å². The van der Waals surface area contributed by atoms with Crippen molar-refractivity contribution in [3.63, 3.8) is 0 Å². The van der Waals surface area contributed by atoms with E-state index in [-0.39, 0.29) is 30.9 Å². The molecule has 1 aromatic heterocycles. The minimum atomic E-state index is -3.57. The molecule has 0 unspecified atom stereocenters. The van der Waals surface area contributed by atoms with Gasteiger partial charge in [0.1, 0.15) is 18.0 Å². The van der Waals surface area contributed by atoms with Gasteiger partial charge in [-0.2, -0.15) is 10.4 Å². The van der Waals surface area contributed by atoms with Crippen molar-refractivity contribution in [1.82, 2.24) is 14.7 Å². The summed E-state index contributed by atoms with van der Waals surface area (Å²) < 4.78 is 45.4. The number of alkyl halides is 2. The predicted molar refractivity (Wildman–Crippen MR) is 108 cm³/mol. The van der Waals surface area contributed by atoms with E-state index in [9.17, 15) is 28.0 Å². The van der Waals surface area contributed by atoms with Crippen molar-refractivity contribution in [2.45, 2.75) is 18.4 Å². The van der Waals surface area contributed by atoms with Crippen LogP contribution in [0.3, 0.4) is 0 Å². The Morgan fingerprint density at radius 3 is 2.67 bits per heavy atom. The second-order valence-corrected chi connectivity index (χ2v) is 7.47. The molecule has 10 nitrogen and oxygen atoms in total. The highest BCUT2D eigenvalue weighted by molar-refractivity contribution is 5.98. The Kier molecular flexibility index (Phi) is 7.07. The van der Waals surface area contributed by atoms with Crippen LogP contribution in [-0.2, 0) is 4.74 Å². The zero-order valence-electron chi connectivity index (χ0n) is 17.2. The second kappa shape index (κ2) is 9.78. The molecule has 0 bridgehead atoms. The average molecular weight is 466 g/mol. The first-order chi connectivity index (χ1) is 15.6. The molecule has 2 amide bonds. The first kappa shape index (κ1) is 23.9. The maximum absolute atomic E-state index is 13.2. The molecular formula is C20H21F3N6O4. The Balaban J connectivity index is 1.81. The number of hydrogen-bond donors (Lipinski definition) is 3. The van der Waals surface area contributed by atoms with Crippen LogP contribution in [0.4, 0.5) is 29.5 Å². The molecule has 1 aliphatic heterocycles. The molecule has 3 rings (SSSR count). The van der Waals surface area contributed by atoms with E-state index in [2.05, 4.69) is 21.2 Å². The lowest BCUT2D eigenvalue weighted by Gasteiger charge is -2.35. The molecule has 0 saturated carbocycles. The van der Waals surface area contributed by atoms with E-state index in [1.54, 1.807) is 0 Å². The van der Waals surface area contributed by atoms with Gasteiger partial charge in [-0.15, -0.1) is 0 Å². The van der Waals surface area contributed by atoms with Gasteiger partial charge in [0.2, 0.25) is 0 Å². The van der Waals surface area contributed by atoms with Gasteiger partial charge in [0.15, 0.2) is 12.4 Å². The Bertz CT molecular complexity index is 1050. The maximum Gasteiger partial charge on any atom is 0.410 e. The molecule has 0 spiro atoms. The fraction of sp³-hybridized carbons (Fsp3) is 0.400. The van der Waals surface area contributed by atoms with Gasteiger partial charge in [0.05, 0.1) is 18.0 Å². The van der Waals surface area contributed by atoms with Crippen molar-refractivity contribution < 1.29 is 32.6 Å². The number of aliphatic hydroxyl groups excluding tert-OH is 1. The van der Waals surface area contributed by atoms with E-state index in [1.807, 2.05) is 0 Å². The van der Waals surface area contributed by atoms with Gasteiger partial charge in [0, 0.05) is 25.0 Å². The minimum absolute atomic E-state index is 0.00157. The Morgan fingerprint density at radius 2 is 2.06 bits per heavy atom. The SMILES string of the molecule is N#C[C@H]1CCN(C(=O)OCC(F)(F)CO)C[C@@H]1n1cc(C(N)=O)c(Nc2ccc(F)cc2)n1. The molecule has 33 heavy (non-hydrogen) atoms. The number of aromatic nitrogens is 2.